The van der Waals surface area contributed by atoms with Crippen LogP contribution in [0.3, 0.4) is 0 Å². The van der Waals surface area contributed by atoms with E-state index in [0.29, 0.717) is 6.54 Å². The smallest absolute Gasteiger partial charge is 0.184 e. The predicted molar refractivity (Wildman–Crippen MR) is 93.5 cm³/mol. The highest BCUT2D eigenvalue weighted by Crippen LogP contribution is 2.16. The highest BCUT2D eigenvalue weighted by Gasteiger charge is 2.15. The molecule has 0 amide bonds. The third-order valence-corrected chi connectivity index (χ3v) is 4.45. The van der Waals surface area contributed by atoms with Crippen molar-refractivity contribution in [3.05, 3.63) is 42.2 Å². The topological polar surface area (TPSA) is 82.2 Å². The molecule has 130 valence electrons. The Morgan fingerprint density at radius 1 is 1.12 bits per heavy atom. The highest BCUT2D eigenvalue weighted by atomic mass is 16.5. The molecule has 1 aliphatic heterocycles. The quantitative estimate of drug-likeness (QED) is 0.635. The average Bonchev–Trinajstić information content (AvgIpc) is 3.07. The van der Waals surface area contributed by atoms with Crippen molar-refractivity contribution in [2.45, 2.75) is 6.54 Å². The van der Waals surface area contributed by atoms with Crippen molar-refractivity contribution in [1.29, 1.82) is 0 Å². The van der Waals surface area contributed by atoms with Crippen LogP contribution in [0.15, 0.2) is 36.7 Å². The largest absolute Gasteiger partial charge is 0.370 e. The Hall–Kier alpha value is -2.58. The number of rotatable bonds is 6. The number of nitrogens with one attached hydrogen (secondary N) is 2. The average molecular weight is 340 g/mol. The van der Waals surface area contributed by atoms with Gasteiger partial charge in [0.1, 0.15) is 19.4 Å². The molecule has 1 aromatic carbocycles. The first-order valence-electron chi connectivity index (χ1n) is 8.63. The maximum absolute atomic E-state index is 5.39. The van der Waals surface area contributed by atoms with Crippen molar-refractivity contribution in [2.24, 2.45) is 0 Å². The van der Waals surface area contributed by atoms with Crippen LogP contribution in [0.1, 0.15) is 5.56 Å². The van der Waals surface area contributed by atoms with Gasteiger partial charge in [-0.1, -0.05) is 35.5 Å². The minimum absolute atomic E-state index is 0.645. The van der Waals surface area contributed by atoms with Crippen LogP contribution in [0.4, 0.5) is 5.82 Å². The summed E-state index contributed by atoms with van der Waals surface area (Å²) in [5.41, 5.74) is 2.63. The number of hydrogen-bond donors (Lipinski definition) is 2. The molecule has 0 bridgehead atoms. The number of ether oxygens (including phenoxy) is 1. The first kappa shape index (κ1) is 15.9. The van der Waals surface area contributed by atoms with Crippen LogP contribution in [0.25, 0.3) is 11.2 Å². The van der Waals surface area contributed by atoms with Gasteiger partial charge in [-0.05, 0) is 5.56 Å². The molecule has 0 unspecified atom stereocenters. The molecule has 0 spiro atoms. The summed E-state index contributed by atoms with van der Waals surface area (Å²) in [4.78, 5) is 10.3. The molecule has 0 atom stereocenters. The van der Waals surface area contributed by atoms with Gasteiger partial charge in [-0.2, -0.15) is 0 Å². The number of benzene rings is 1. The number of fused-ring (bicyclic) bond motifs is 1. The molecule has 0 aliphatic carbocycles. The fourth-order valence-corrected chi connectivity index (χ4v) is 3.05. The van der Waals surface area contributed by atoms with Gasteiger partial charge in [-0.25, -0.2) is 14.6 Å². The minimum atomic E-state index is 0.645. The van der Waals surface area contributed by atoms with Crippen LogP contribution >= 0.6 is 0 Å². The van der Waals surface area contributed by atoms with Crippen molar-refractivity contribution >= 4 is 17.0 Å². The predicted octanol–water partition coefficient (Wildman–Crippen LogP) is -0.403. The van der Waals surface area contributed by atoms with Gasteiger partial charge in [0.15, 0.2) is 17.0 Å². The molecule has 3 aromatic rings. The van der Waals surface area contributed by atoms with E-state index in [2.05, 4.69) is 37.7 Å². The third-order valence-electron chi connectivity index (χ3n) is 4.45. The van der Waals surface area contributed by atoms with E-state index in [1.165, 1.54) is 5.56 Å². The summed E-state index contributed by atoms with van der Waals surface area (Å²) in [6.45, 7) is 6.34. The summed E-state index contributed by atoms with van der Waals surface area (Å²) < 4.78 is 7.20. The number of hydrogen-bond acceptors (Lipinski definition) is 6. The maximum Gasteiger partial charge on any atom is 0.184 e. The molecule has 1 fully saturated rings. The van der Waals surface area contributed by atoms with Gasteiger partial charge in [0, 0.05) is 0 Å². The lowest BCUT2D eigenvalue weighted by Gasteiger charge is -2.23. The second-order valence-electron chi connectivity index (χ2n) is 6.17. The van der Waals surface area contributed by atoms with Gasteiger partial charge >= 0.3 is 0 Å². The lowest BCUT2D eigenvalue weighted by molar-refractivity contribution is -0.906. The standard InChI is InChI=1S/C17H21N7O/c1-2-4-14(5-3-1)12-24-17-15(21-22-24)16(19-13-20-17)18-6-7-23-8-10-25-11-9-23/h1-5,13H,6-12H2,(H,18,19,20)/p+1. The molecule has 2 N–H and O–H groups in total. The lowest BCUT2D eigenvalue weighted by Crippen LogP contribution is -3.14. The van der Waals surface area contributed by atoms with Gasteiger partial charge in [-0.15, -0.1) is 5.10 Å². The third kappa shape index (κ3) is 3.75. The molecule has 4 rings (SSSR count). The Morgan fingerprint density at radius 2 is 1.96 bits per heavy atom. The normalized spacial score (nSPS) is 15.5. The van der Waals surface area contributed by atoms with Crippen molar-refractivity contribution in [3.8, 4) is 0 Å². The molecule has 0 radical (unpaired) electrons. The molecular weight excluding hydrogens is 318 g/mol. The molecule has 3 heterocycles. The Morgan fingerprint density at radius 3 is 2.80 bits per heavy atom. The number of quaternary nitrogens is 1. The monoisotopic (exact) mass is 340 g/mol. The van der Waals surface area contributed by atoms with Crippen LogP contribution in [0, 0.1) is 0 Å². The Kier molecular flexibility index (Phi) is 4.80. The van der Waals surface area contributed by atoms with Gasteiger partial charge in [-0.3, -0.25) is 0 Å². The SMILES string of the molecule is c1ccc(Cn2nnc3c(NCC[NH+]4CCOCC4)ncnc32)cc1. The van der Waals surface area contributed by atoms with E-state index in [4.69, 9.17) is 4.74 Å². The minimum Gasteiger partial charge on any atom is -0.370 e. The van der Waals surface area contributed by atoms with E-state index in [9.17, 15) is 0 Å². The first-order valence-corrected chi connectivity index (χ1v) is 8.63. The summed E-state index contributed by atoms with van der Waals surface area (Å²) in [6, 6.07) is 10.2. The second-order valence-corrected chi connectivity index (χ2v) is 6.17. The fraction of sp³-hybridized carbons (Fsp3) is 0.412. The number of nitrogens with zero attached hydrogens (tertiary/aromatic N) is 5. The number of aromatic nitrogens is 5. The molecule has 1 aliphatic rings. The zero-order valence-corrected chi connectivity index (χ0v) is 14.1. The fourth-order valence-electron chi connectivity index (χ4n) is 3.05. The lowest BCUT2D eigenvalue weighted by atomic mass is 10.2. The van der Waals surface area contributed by atoms with Crippen molar-refractivity contribution < 1.29 is 9.64 Å². The van der Waals surface area contributed by atoms with Crippen molar-refractivity contribution in [1.82, 2.24) is 25.0 Å². The van der Waals surface area contributed by atoms with Crippen LogP contribution in [-0.2, 0) is 11.3 Å². The molecule has 8 heteroatoms. The van der Waals surface area contributed by atoms with Crippen LogP contribution in [-0.4, -0.2) is 64.4 Å². The zero-order valence-electron chi connectivity index (χ0n) is 14.1. The molecular formula is C17H22N7O+. The summed E-state index contributed by atoms with van der Waals surface area (Å²) >= 11 is 0. The summed E-state index contributed by atoms with van der Waals surface area (Å²) in [5, 5.41) is 11.9. The summed E-state index contributed by atoms with van der Waals surface area (Å²) in [5.74, 6) is 0.747. The Bertz CT molecular complexity index is 814. The zero-order chi connectivity index (χ0) is 16.9. The Balaban J connectivity index is 1.45. The van der Waals surface area contributed by atoms with Gasteiger partial charge in [0.05, 0.1) is 32.8 Å². The van der Waals surface area contributed by atoms with Crippen LogP contribution in [0.5, 0.6) is 0 Å². The van der Waals surface area contributed by atoms with E-state index >= 15 is 0 Å². The summed E-state index contributed by atoms with van der Waals surface area (Å²) in [6.07, 6.45) is 1.57. The molecule has 0 saturated carbocycles. The molecule has 2 aromatic heterocycles. The van der Waals surface area contributed by atoms with E-state index in [1.807, 2.05) is 22.9 Å². The molecule has 25 heavy (non-hydrogen) atoms. The van der Waals surface area contributed by atoms with Gasteiger partial charge < -0.3 is 15.0 Å². The Labute approximate surface area is 145 Å². The van der Waals surface area contributed by atoms with Gasteiger partial charge in [0.2, 0.25) is 0 Å². The van der Waals surface area contributed by atoms with Crippen molar-refractivity contribution in [2.75, 3.05) is 44.7 Å². The van der Waals surface area contributed by atoms with E-state index in [1.54, 1.807) is 11.2 Å². The van der Waals surface area contributed by atoms with E-state index in [-0.39, 0.29) is 0 Å². The second kappa shape index (κ2) is 7.54. The van der Waals surface area contributed by atoms with Gasteiger partial charge in [0.25, 0.3) is 0 Å². The summed E-state index contributed by atoms with van der Waals surface area (Å²) in [7, 11) is 0. The first-order chi connectivity index (χ1) is 12.4. The number of morpholine rings is 1. The van der Waals surface area contributed by atoms with Crippen LogP contribution in [0.2, 0.25) is 0 Å². The van der Waals surface area contributed by atoms with E-state index < -0.39 is 0 Å². The molecule has 1 saturated heterocycles. The van der Waals surface area contributed by atoms with Crippen LogP contribution < -0.4 is 10.2 Å². The number of anilines is 1. The highest BCUT2D eigenvalue weighted by molar-refractivity contribution is 5.81. The molecule has 8 nitrogen and oxygen atoms in total. The van der Waals surface area contributed by atoms with Crippen molar-refractivity contribution in [3.63, 3.8) is 0 Å². The van der Waals surface area contributed by atoms with E-state index in [0.717, 1.165) is 56.4 Å². The maximum atomic E-state index is 5.39.